The van der Waals surface area contributed by atoms with Gasteiger partial charge in [0.15, 0.2) is 0 Å². The molecule has 0 atom stereocenters. The van der Waals surface area contributed by atoms with Gasteiger partial charge in [0.25, 0.3) is 0 Å². The van der Waals surface area contributed by atoms with Crippen molar-refractivity contribution in [3.63, 3.8) is 0 Å². The Morgan fingerprint density at radius 2 is 0.900 bits per heavy atom. The van der Waals surface area contributed by atoms with E-state index < -0.39 is 0 Å². The maximum absolute atomic E-state index is 2.29. The average Bonchev–Trinajstić information content (AvgIpc) is 2.05. The summed E-state index contributed by atoms with van der Waals surface area (Å²) in [5.41, 5.74) is 3.34. The largest absolute Gasteiger partial charge is 0.0841 e. The first-order valence-corrected chi connectivity index (χ1v) is 3.96. The second kappa shape index (κ2) is 2.45. The minimum Gasteiger partial charge on any atom is -0.0841 e. The van der Waals surface area contributed by atoms with Crippen LogP contribution in [0.5, 0.6) is 0 Å². The molecule has 0 N–H and O–H groups in total. The normalized spacial score (nSPS) is 23.2. The van der Waals surface area contributed by atoms with Crippen LogP contribution in [0.25, 0.3) is 0 Å². The van der Waals surface area contributed by atoms with E-state index in [1.807, 2.05) is 0 Å². The van der Waals surface area contributed by atoms with E-state index in [4.69, 9.17) is 0 Å². The second-order valence-corrected chi connectivity index (χ2v) is 2.97. The number of hydrogen-bond acceptors (Lipinski definition) is 0. The van der Waals surface area contributed by atoms with Crippen LogP contribution in [-0.4, -0.2) is 0 Å². The molecule has 2 aliphatic carbocycles. The zero-order chi connectivity index (χ0) is 6.81. The molecule has 0 aromatic carbocycles. The van der Waals surface area contributed by atoms with Crippen LogP contribution >= 0.6 is 0 Å². The van der Waals surface area contributed by atoms with Gasteiger partial charge < -0.3 is 0 Å². The van der Waals surface area contributed by atoms with Gasteiger partial charge in [0.05, 0.1) is 0 Å². The molecule has 0 heteroatoms. The quantitative estimate of drug-likeness (QED) is 0.444. The molecule has 10 heavy (non-hydrogen) atoms. The molecule has 52 valence electrons. The topological polar surface area (TPSA) is 0 Å². The highest BCUT2D eigenvalue weighted by molar-refractivity contribution is 5.30. The van der Waals surface area contributed by atoms with Crippen LogP contribution in [0.15, 0.2) is 35.5 Å². The van der Waals surface area contributed by atoms with E-state index in [1.54, 1.807) is 11.1 Å². The molecular weight excluding hydrogens is 120 g/mol. The summed E-state index contributed by atoms with van der Waals surface area (Å²) in [6.07, 6.45) is 14.0. The van der Waals surface area contributed by atoms with Gasteiger partial charge in [0, 0.05) is 0 Å². The highest BCUT2D eigenvalue weighted by atomic mass is 14.1. The fourth-order valence-corrected chi connectivity index (χ4v) is 1.65. The first-order chi connectivity index (χ1) is 4.97. The molecule has 0 saturated carbocycles. The molecular formula is C10H12. The third-order valence-electron chi connectivity index (χ3n) is 2.29. The van der Waals surface area contributed by atoms with E-state index in [0.717, 1.165) is 0 Å². The van der Waals surface area contributed by atoms with E-state index in [1.165, 1.54) is 25.7 Å². The highest BCUT2D eigenvalue weighted by Crippen LogP contribution is 2.28. The van der Waals surface area contributed by atoms with Crippen LogP contribution in [0.1, 0.15) is 25.7 Å². The summed E-state index contributed by atoms with van der Waals surface area (Å²) in [7, 11) is 0. The smallest absolute Gasteiger partial charge is 0.0133 e. The fraction of sp³-hybridized carbons (Fsp3) is 0.400. The predicted molar refractivity (Wildman–Crippen MR) is 43.8 cm³/mol. The maximum atomic E-state index is 2.29. The van der Waals surface area contributed by atoms with Gasteiger partial charge in [-0.25, -0.2) is 0 Å². The number of allylic oxidation sites excluding steroid dienone is 6. The molecule has 0 saturated heterocycles. The Bertz CT molecular complexity index is 172. The Balaban J connectivity index is 2.19. The molecule has 0 bridgehead atoms. The molecule has 0 aromatic rings. The Hall–Kier alpha value is -0.780. The molecule has 0 fully saturated rings. The van der Waals surface area contributed by atoms with Crippen LogP contribution < -0.4 is 0 Å². The van der Waals surface area contributed by atoms with Crippen molar-refractivity contribution in [3.05, 3.63) is 35.5 Å². The molecule has 0 aromatic heterocycles. The van der Waals surface area contributed by atoms with Gasteiger partial charge in [-0.3, -0.25) is 0 Å². The molecule has 0 aliphatic heterocycles. The predicted octanol–water partition coefficient (Wildman–Crippen LogP) is 2.98. The zero-order valence-corrected chi connectivity index (χ0v) is 6.14. The summed E-state index contributed by atoms with van der Waals surface area (Å²) >= 11 is 0. The molecule has 2 aliphatic rings. The van der Waals surface area contributed by atoms with Crippen molar-refractivity contribution < 1.29 is 0 Å². The minimum absolute atomic E-state index is 1.21. The zero-order valence-electron chi connectivity index (χ0n) is 6.14. The molecule has 2 rings (SSSR count). The Morgan fingerprint density at radius 3 is 1.20 bits per heavy atom. The lowest BCUT2D eigenvalue weighted by Crippen LogP contribution is -1.97. The fourth-order valence-electron chi connectivity index (χ4n) is 1.65. The highest BCUT2D eigenvalue weighted by Gasteiger charge is 2.08. The van der Waals surface area contributed by atoms with Crippen molar-refractivity contribution in [1.29, 1.82) is 0 Å². The molecule has 0 radical (unpaired) electrons. The first kappa shape index (κ1) is 5.96. The lowest BCUT2D eigenvalue weighted by atomic mass is 9.89. The molecule has 0 unspecified atom stereocenters. The van der Waals surface area contributed by atoms with Crippen molar-refractivity contribution in [2.24, 2.45) is 0 Å². The summed E-state index contributed by atoms with van der Waals surface area (Å²) in [5.74, 6) is 0. The van der Waals surface area contributed by atoms with Gasteiger partial charge in [-0.1, -0.05) is 35.5 Å². The van der Waals surface area contributed by atoms with Crippen molar-refractivity contribution in [2.45, 2.75) is 25.7 Å². The summed E-state index contributed by atoms with van der Waals surface area (Å²) in [4.78, 5) is 0. The minimum atomic E-state index is 1.21. The Kier molecular flexibility index (Phi) is 1.46. The standard InChI is InChI=1S/C10H12/c1-2-6-10-8-4-3-7-9(10)5-1/h1-4H,5-8H2. The number of rotatable bonds is 0. The van der Waals surface area contributed by atoms with Crippen molar-refractivity contribution >= 4 is 0 Å². The van der Waals surface area contributed by atoms with Crippen molar-refractivity contribution in [3.8, 4) is 0 Å². The Morgan fingerprint density at radius 1 is 0.600 bits per heavy atom. The van der Waals surface area contributed by atoms with Gasteiger partial charge in [0.1, 0.15) is 0 Å². The Labute approximate surface area is 61.9 Å². The summed E-state index contributed by atoms with van der Waals surface area (Å²) in [6, 6.07) is 0. The van der Waals surface area contributed by atoms with E-state index in [9.17, 15) is 0 Å². The van der Waals surface area contributed by atoms with Gasteiger partial charge in [0.2, 0.25) is 0 Å². The molecule has 0 nitrogen and oxygen atoms in total. The van der Waals surface area contributed by atoms with Crippen LogP contribution in [0.4, 0.5) is 0 Å². The van der Waals surface area contributed by atoms with Gasteiger partial charge in [-0.05, 0) is 25.7 Å². The third kappa shape index (κ3) is 0.942. The third-order valence-corrected chi connectivity index (χ3v) is 2.29. The lowest BCUT2D eigenvalue weighted by Gasteiger charge is -2.17. The van der Waals surface area contributed by atoms with Crippen molar-refractivity contribution in [2.75, 3.05) is 0 Å². The van der Waals surface area contributed by atoms with Gasteiger partial charge >= 0.3 is 0 Å². The van der Waals surface area contributed by atoms with Crippen LogP contribution in [0.2, 0.25) is 0 Å². The second-order valence-electron chi connectivity index (χ2n) is 2.97. The van der Waals surface area contributed by atoms with Crippen LogP contribution in [0, 0.1) is 0 Å². The number of hydrogen-bond donors (Lipinski definition) is 0. The SMILES string of the molecule is C1=CCC2=C(C1)CC=CC2. The maximum Gasteiger partial charge on any atom is -0.0133 e. The summed E-state index contributed by atoms with van der Waals surface area (Å²) in [5, 5.41) is 0. The van der Waals surface area contributed by atoms with Crippen LogP contribution in [0.3, 0.4) is 0 Å². The molecule has 0 heterocycles. The molecule has 0 amide bonds. The van der Waals surface area contributed by atoms with E-state index in [0.29, 0.717) is 0 Å². The van der Waals surface area contributed by atoms with Gasteiger partial charge in [-0.15, -0.1) is 0 Å². The molecule has 0 spiro atoms. The van der Waals surface area contributed by atoms with Gasteiger partial charge in [-0.2, -0.15) is 0 Å². The van der Waals surface area contributed by atoms with E-state index in [-0.39, 0.29) is 0 Å². The monoisotopic (exact) mass is 132 g/mol. The average molecular weight is 132 g/mol. The van der Waals surface area contributed by atoms with Crippen LogP contribution in [-0.2, 0) is 0 Å². The van der Waals surface area contributed by atoms with Crippen molar-refractivity contribution in [1.82, 2.24) is 0 Å². The lowest BCUT2D eigenvalue weighted by molar-refractivity contribution is 0.917. The van der Waals surface area contributed by atoms with E-state index in [2.05, 4.69) is 24.3 Å². The van der Waals surface area contributed by atoms with E-state index >= 15 is 0 Å². The first-order valence-electron chi connectivity index (χ1n) is 3.96. The summed E-state index contributed by atoms with van der Waals surface area (Å²) < 4.78 is 0. The summed E-state index contributed by atoms with van der Waals surface area (Å²) in [6.45, 7) is 0.